The van der Waals surface area contributed by atoms with E-state index in [1.807, 2.05) is 14.1 Å². The van der Waals surface area contributed by atoms with Gasteiger partial charge in [-0.05, 0) is 49.7 Å². The van der Waals surface area contributed by atoms with Crippen molar-refractivity contribution in [2.75, 3.05) is 14.1 Å². The van der Waals surface area contributed by atoms with Crippen LogP contribution >= 0.6 is 15.9 Å². The van der Waals surface area contributed by atoms with E-state index in [4.69, 9.17) is 4.74 Å². The number of carbonyl (C=O) groups is 2. The summed E-state index contributed by atoms with van der Waals surface area (Å²) in [6.45, 7) is 6.91. The largest absolute Gasteiger partial charge is 0.458 e. The summed E-state index contributed by atoms with van der Waals surface area (Å²) in [7, 11) is 3.65. The minimum atomic E-state index is -0.762. The summed E-state index contributed by atoms with van der Waals surface area (Å²) in [5.74, 6) is -0.898. The Morgan fingerprint density at radius 2 is 2.04 bits per heavy atom. The van der Waals surface area contributed by atoms with Gasteiger partial charge in [0, 0.05) is 24.8 Å². The van der Waals surface area contributed by atoms with Gasteiger partial charge < -0.3 is 15.0 Å². The summed E-state index contributed by atoms with van der Waals surface area (Å²) >= 11 is 3.31. The third kappa shape index (κ3) is 6.43. The first-order chi connectivity index (χ1) is 10.5. The molecule has 1 rings (SSSR count). The molecule has 1 heterocycles. The number of halogens is 1. The van der Waals surface area contributed by atoms with E-state index in [2.05, 4.69) is 26.3 Å². The van der Waals surface area contributed by atoms with Gasteiger partial charge in [0.1, 0.15) is 23.7 Å². The van der Waals surface area contributed by atoms with Crippen LogP contribution in [0.2, 0.25) is 0 Å². The monoisotopic (exact) mass is 386 g/mol. The van der Waals surface area contributed by atoms with Crippen molar-refractivity contribution in [1.82, 2.24) is 14.9 Å². The third-order valence-corrected chi connectivity index (χ3v) is 2.95. The Labute approximate surface area is 144 Å². The van der Waals surface area contributed by atoms with E-state index in [9.17, 15) is 9.59 Å². The number of ether oxygens (including phenoxy) is 1. The normalized spacial score (nSPS) is 13.0. The zero-order chi connectivity index (χ0) is 17.8. The van der Waals surface area contributed by atoms with Crippen molar-refractivity contribution in [1.29, 1.82) is 0 Å². The highest BCUT2D eigenvalue weighted by Crippen LogP contribution is 2.15. The number of esters is 1. The van der Waals surface area contributed by atoms with E-state index in [1.54, 1.807) is 51.2 Å². The lowest BCUT2D eigenvalue weighted by atomic mass is 10.2. The molecule has 23 heavy (non-hydrogen) atoms. The number of aromatic nitrogens is 1. The highest BCUT2D eigenvalue weighted by molar-refractivity contribution is 9.10. The van der Waals surface area contributed by atoms with Crippen LogP contribution in [0, 0.1) is 0 Å². The van der Waals surface area contributed by atoms with E-state index in [0.717, 1.165) is 0 Å². The highest BCUT2D eigenvalue weighted by Gasteiger charge is 2.24. The molecule has 0 aliphatic carbocycles. The predicted molar refractivity (Wildman–Crippen MR) is 92.5 cm³/mol. The van der Waals surface area contributed by atoms with Crippen LogP contribution in [0.15, 0.2) is 21.8 Å². The fourth-order valence-corrected chi connectivity index (χ4v) is 1.97. The predicted octanol–water partition coefficient (Wildman–Crippen LogP) is 2.06. The van der Waals surface area contributed by atoms with Crippen molar-refractivity contribution < 1.29 is 14.3 Å². The van der Waals surface area contributed by atoms with Gasteiger partial charge in [-0.2, -0.15) is 5.10 Å². The lowest BCUT2D eigenvalue weighted by Crippen LogP contribution is -2.42. The molecule has 7 nitrogen and oxygen atoms in total. The van der Waals surface area contributed by atoms with Gasteiger partial charge in [0.15, 0.2) is 0 Å². The molecule has 1 amide bonds. The maximum atomic E-state index is 12.4. The van der Waals surface area contributed by atoms with Crippen molar-refractivity contribution in [2.24, 2.45) is 5.10 Å². The maximum Gasteiger partial charge on any atom is 0.328 e. The molecular weight excluding hydrogens is 364 g/mol. The second-order valence-electron chi connectivity index (χ2n) is 6.31. The first-order valence-corrected chi connectivity index (χ1v) is 7.91. The smallest absolute Gasteiger partial charge is 0.328 e. The van der Waals surface area contributed by atoms with Gasteiger partial charge in [-0.3, -0.25) is 4.79 Å². The lowest BCUT2D eigenvalue weighted by molar-refractivity contribution is -0.156. The van der Waals surface area contributed by atoms with Crippen molar-refractivity contribution in [3.05, 3.63) is 22.4 Å². The highest BCUT2D eigenvalue weighted by atomic mass is 79.9. The minimum Gasteiger partial charge on any atom is -0.458 e. The van der Waals surface area contributed by atoms with Crippen molar-refractivity contribution in [3.63, 3.8) is 0 Å². The molecule has 0 bridgehead atoms. The van der Waals surface area contributed by atoms with Crippen LogP contribution in [-0.4, -0.2) is 53.5 Å². The van der Waals surface area contributed by atoms with Gasteiger partial charge in [-0.1, -0.05) is 0 Å². The van der Waals surface area contributed by atoms with Gasteiger partial charge in [-0.15, -0.1) is 0 Å². The molecule has 0 unspecified atom stereocenters. The molecular formula is C15H23BrN4O3. The topological polar surface area (TPSA) is 75.9 Å². The fourth-order valence-electron chi connectivity index (χ4n) is 1.56. The summed E-state index contributed by atoms with van der Waals surface area (Å²) in [4.78, 5) is 26.0. The summed E-state index contributed by atoms with van der Waals surface area (Å²) in [6.07, 6.45) is 3.23. The first-order valence-electron chi connectivity index (χ1n) is 7.12. The number of rotatable bonds is 5. The molecule has 0 aliphatic heterocycles. The van der Waals surface area contributed by atoms with Crippen molar-refractivity contribution in [2.45, 2.75) is 39.3 Å². The molecule has 0 saturated carbocycles. The molecule has 128 valence electrons. The molecule has 8 heteroatoms. The number of nitrogens with one attached hydrogen (secondary N) is 1. The van der Waals surface area contributed by atoms with Crippen LogP contribution in [0.3, 0.4) is 0 Å². The Morgan fingerprint density at radius 3 is 2.57 bits per heavy atom. The Balaban J connectivity index is 2.84. The quantitative estimate of drug-likeness (QED) is 0.477. The number of carbonyl (C=O) groups excluding carboxylic acids is 2. The first kappa shape index (κ1) is 19.2. The zero-order valence-corrected chi connectivity index (χ0v) is 15.8. The molecule has 0 aromatic carbocycles. The molecule has 0 aliphatic rings. The number of hydrogen-bond acceptors (Lipinski definition) is 4. The van der Waals surface area contributed by atoms with Crippen LogP contribution in [0.25, 0.3) is 0 Å². The zero-order valence-electron chi connectivity index (χ0n) is 14.3. The van der Waals surface area contributed by atoms with Gasteiger partial charge in [0.05, 0.1) is 0 Å². The molecule has 0 saturated heterocycles. The molecule has 0 fully saturated rings. The van der Waals surface area contributed by atoms with Crippen LogP contribution in [0.5, 0.6) is 0 Å². The molecule has 1 aromatic heterocycles. The minimum absolute atomic E-state index is 0.311. The van der Waals surface area contributed by atoms with Crippen molar-refractivity contribution >= 4 is 34.1 Å². The summed E-state index contributed by atoms with van der Waals surface area (Å²) in [5.41, 5.74) is -0.291. The Morgan fingerprint density at radius 1 is 1.43 bits per heavy atom. The van der Waals surface area contributed by atoms with Crippen LogP contribution < -0.4 is 5.32 Å². The van der Waals surface area contributed by atoms with Crippen molar-refractivity contribution in [3.8, 4) is 0 Å². The third-order valence-electron chi connectivity index (χ3n) is 2.51. The SMILES string of the molecule is C[C@@H](NC(=O)c1cc(Br)cn1/N=C/N(C)C)C(=O)OC(C)(C)C. The average molecular weight is 387 g/mol. The molecule has 0 radical (unpaired) electrons. The fraction of sp³-hybridized carbons (Fsp3) is 0.533. The van der Waals surface area contributed by atoms with E-state index in [1.165, 1.54) is 4.68 Å². The molecule has 0 spiro atoms. The summed E-state index contributed by atoms with van der Waals surface area (Å²) in [6, 6.07) is 0.867. The van der Waals surface area contributed by atoms with E-state index >= 15 is 0 Å². The van der Waals surface area contributed by atoms with E-state index < -0.39 is 23.5 Å². The van der Waals surface area contributed by atoms with Crippen LogP contribution in [0.4, 0.5) is 0 Å². The van der Waals surface area contributed by atoms with Crippen LogP contribution in [0.1, 0.15) is 38.2 Å². The molecule has 1 atom stereocenters. The van der Waals surface area contributed by atoms with Crippen LogP contribution in [-0.2, 0) is 9.53 Å². The lowest BCUT2D eigenvalue weighted by Gasteiger charge is -2.22. The summed E-state index contributed by atoms with van der Waals surface area (Å²) in [5, 5.41) is 6.79. The van der Waals surface area contributed by atoms with E-state index in [-0.39, 0.29) is 0 Å². The van der Waals surface area contributed by atoms with E-state index in [0.29, 0.717) is 10.2 Å². The summed E-state index contributed by atoms with van der Waals surface area (Å²) < 4.78 is 7.39. The Hall–Kier alpha value is -1.83. The van der Waals surface area contributed by atoms with Gasteiger partial charge in [-0.25, -0.2) is 9.47 Å². The molecule has 1 aromatic rings. The Bertz CT molecular complexity index is 602. The van der Waals surface area contributed by atoms with Gasteiger partial charge >= 0.3 is 5.97 Å². The number of hydrogen-bond donors (Lipinski definition) is 1. The standard InChI is InChI=1S/C15H23BrN4O3/c1-10(14(22)23-15(2,3)4)18-13(21)12-7-11(16)8-20(12)17-9-19(5)6/h7-10H,1-6H3,(H,18,21)/b17-9+/t10-/m1/s1. The second kappa shape index (κ2) is 7.63. The second-order valence-corrected chi connectivity index (χ2v) is 7.23. The average Bonchev–Trinajstić information content (AvgIpc) is 2.75. The number of amides is 1. The van der Waals surface area contributed by atoms with Gasteiger partial charge in [0.25, 0.3) is 5.91 Å². The molecule has 1 N–H and O–H groups in total. The maximum absolute atomic E-state index is 12.4. The van der Waals surface area contributed by atoms with Gasteiger partial charge in [0.2, 0.25) is 0 Å². The Kier molecular flexibility index (Phi) is 6.37. The number of nitrogens with zero attached hydrogens (tertiary/aromatic N) is 3.